The first kappa shape index (κ1) is 22.7. The second-order valence-electron chi connectivity index (χ2n) is 9.18. The van der Waals surface area contributed by atoms with E-state index in [1.165, 1.54) is 5.56 Å². The van der Waals surface area contributed by atoms with Crippen LogP contribution in [0.3, 0.4) is 0 Å². The molecule has 4 aromatic carbocycles. The molecule has 0 aliphatic rings. The van der Waals surface area contributed by atoms with E-state index in [-0.39, 0.29) is 5.69 Å². The quantitative estimate of drug-likeness (QED) is 0.231. The molecule has 0 spiro atoms. The number of H-pyrrole nitrogens is 1. The van der Waals surface area contributed by atoms with Crippen molar-refractivity contribution >= 4 is 27.6 Å². The van der Waals surface area contributed by atoms with Crippen LogP contribution in [0.5, 0.6) is 5.75 Å². The molecule has 0 radical (unpaired) electrons. The first-order chi connectivity index (χ1) is 17.0. The maximum absolute atomic E-state index is 12.2. The molecule has 0 unspecified atom stereocenters. The second kappa shape index (κ2) is 9.67. The third-order valence-corrected chi connectivity index (χ3v) is 6.61. The molecule has 0 saturated heterocycles. The van der Waals surface area contributed by atoms with E-state index in [2.05, 4.69) is 61.3 Å². The van der Waals surface area contributed by atoms with Crippen molar-refractivity contribution in [3.8, 4) is 16.9 Å². The average molecular weight is 464 g/mol. The molecule has 0 saturated carbocycles. The number of aromatic amines is 1. The summed E-state index contributed by atoms with van der Waals surface area (Å²) < 4.78 is 6.11. The SMILES string of the molecule is CC(C)c1ccccc1-c1cccc2c(CCCOc3cccc4ccccc34)c(C(=O)O)[nH]c12. The Bertz CT molecular complexity index is 1510. The summed E-state index contributed by atoms with van der Waals surface area (Å²) >= 11 is 0. The number of ether oxygens (including phenoxy) is 1. The number of benzene rings is 4. The number of rotatable bonds is 8. The van der Waals surface area contributed by atoms with Crippen LogP contribution in [0.25, 0.3) is 32.8 Å². The van der Waals surface area contributed by atoms with Crippen LogP contribution in [0, 0.1) is 0 Å². The number of carboxylic acid groups (broad SMARTS) is 1. The van der Waals surface area contributed by atoms with Crippen molar-refractivity contribution in [1.82, 2.24) is 4.98 Å². The van der Waals surface area contributed by atoms with Gasteiger partial charge in [0.15, 0.2) is 0 Å². The van der Waals surface area contributed by atoms with Crippen LogP contribution in [0.4, 0.5) is 0 Å². The van der Waals surface area contributed by atoms with Crippen LogP contribution in [0.1, 0.15) is 47.8 Å². The van der Waals surface area contributed by atoms with Crippen LogP contribution in [0.2, 0.25) is 0 Å². The number of aromatic nitrogens is 1. The molecule has 0 fully saturated rings. The van der Waals surface area contributed by atoms with E-state index < -0.39 is 5.97 Å². The first-order valence-corrected chi connectivity index (χ1v) is 12.1. The second-order valence-corrected chi connectivity index (χ2v) is 9.18. The molecule has 176 valence electrons. The minimum Gasteiger partial charge on any atom is -0.493 e. The van der Waals surface area contributed by atoms with Gasteiger partial charge in [-0.2, -0.15) is 0 Å². The zero-order valence-electron chi connectivity index (χ0n) is 20.0. The summed E-state index contributed by atoms with van der Waals surface area (Å²) in [4.78, 5) is 15.4. The van der Waals surface area contributed by atoms with E-state index >= 15 is 0 Å². The molecule has 1 aromatic heterocycles. The van der Waals surface area contributed by atoms with Crippen molar-refractivity contribution in [2.75, 3.05) is 6.61 Å². The minimum atomic E-state index is -0.936. The lowest BCUT2D eigenvalue weighted by Crippen LogP contribution is -2.04. The van der Waals surface area contributed by atoms with Gasteiger partial charge in [-0.25, -0.2) is 4.79 Å². The average Bonchev–Trinajstić information content (AvgIpc) is 3.26. The van der Waals surface area contributed by atoms with Gasteiger partial charge >= 0.3 is 5.97 Å². The van der Waals surface area contributed by atoms with Gasteiger partial charge in [0.05, 0.1) is 12.1 Å². The van der Waals surface area contributed by atoms with Crippen LogP contribution >= 0.6 is 0 Å². The summed E-state index contributed by atoms with van der Waals surface area (Å²) in [5.41, 5.74) is 5.39. The molecule has 2 N–H and O–H groups in total. The molecule has 0 atom stereocenters. The highest BCUT2D eigenvalue weighted by Crippen LogP contribution is 2.36. The summed E-state index contributed by atoms with van der Waals surface area (Å²) in [5.74, 6) is 0.281. The highest BCUT2D eigenvalue weighted by molar-refractivity contribution is 6.03. The lowest BCUT2D eigenvalue weighted by Gasteiger charge is -2.13. The van der Waals surface area contributed by atoms with Gasteiger partial charge in [0.1, 0.15) is 11.4 Å². The number of carbonyl (C=O) groups is 1. The van der Waals surface area contributed by atoms with Crippen LogP contribution in [-0.4, -0.2) is 22.7 Å². The normalized spacial score (nSPS) is 11.4. The number of para-hydroxylation sites is 1. The van der Waals surface area contributed by atoms with E-state index in [0.29, 0.717) is 25.4 Å². The van der Waals surface area contributed by atoms with Crippen LogP contribution in [0.15, 0.2) is 84.9 Å². The minimum absolute atomic E-state index is 0.264. The summed E-state index contributed by atoms with van der Waals surface area (Å²) in [7, 11) is 0. The predicted molar refractivity (Wildman–Crippen MR) is 143 cm³/mol. The van der Waals surface area contributed by atoms with E-state index in [9.17, 15) is 9.90 Å². The number of fused-ring (bicyclic) bond motifs is 2. The van der Waals surface area contributed by atoms with Gasteiger partial charge in [-0.15, -0.1) is 0 Å². The molecule has 5 rings (SSSR count). The zero-order valence-corrected chi connectivity index (χ0v) is 20.0. The lowest BCUT2D eigenvalue weighted by atomic mass is 9.91. The topological polar surface area (TPSA) is 62.3 Å². The van der Waals surface area contributed by atoms with Gasteiger partial charge in [0, 0.05) is 16.3 Å². The van der Waals surface area contributed by atoms with Gasteiger partial charge in [-0.3, -0.25) is 0 Å². The molecule has 0 aliphatic carbocycles. The van der Waals surface area contributed by atoms with Crippen LogP contribution < -0.4 is 4.74 Å². The molecule has 1 heterocycles. The van der Waals surface area contributed by atoms with Gasteiger partial charge in [-0.05, 0) is 46.9 Å². The monoisotopic (exact) mass is 463 g/mol. The highest BCUT2D eigenvalue weighted by Gasteiger charge is 2.20. The van der Waals surface area contributed by atoms with Crippen LogP contribution in [-0.2, 0) is 6.42 Å². The number of hydrogen-bond acceptors (Lipinski definition) is 2. The molecule has 4 heteroatoms. The van der Waals surface area contributed by atoms with E-state index in [4.69, 9.17) is 4.74 Å². The van der Waals surface area contributed by atoms with Crippen molar-refractivity contribution in [3.05, 3.63) is 102 Å². The Morgan fingerprint density at radius 2 is 1.54 bits per heavy atom. The molecule has 35 heavy (non-hydrogen) atoms. The summed E-state index contributed by atoms with van der Waals surface area (Å²) in [6, 6.07) is 28.7. The third-order valence-electron chi connectivity index (χ3n) is 6.61. The fourth-order valence-corrected chi connectivity index (χ4v) is 4.94. The molecular weight excluding hydrogens is 434 g/mol. The zero-order chi connectivity index (χ0) is 24.4. The maximum atomic E-state index is 12.2. The Morgan fingerprint density at radius 3 is 2.37 bits per heavy atom. The van der Waals surface area contributed by atoms with Gasteiger partial charge < -0.3 is 14.8 Å². The molecule has 5 aromatic rings. The lowest BCUT2D eigenvalue weighted by molar-refractivity contribution is 0.0690. The smallest absolute Gasteiger partial charge is 0.352 e. The van der Waals surface area contributed by atoms with Gasteiger partial charge in [0.25, 0.3) is 0 Å². The molecule has 0 aliphatic heterocycles. The van der Waals surface area contributed by atoms with Gasteiger partial charge in [-0.1, -0.05) is 92.7 Å². The summed E-state index contributed by atoms with van der Waals surface area (Å²) in [5, 5.41) is 13.2. The molecule has 4 nitrogen and oxygen atoms in total. The van der Waals surface area contributed by atoms with E-state index in [0.717, 1.165) is 44.1 Å². The molecule has 0 bridgehead atoms. The summed E-state index contributed by atoms with van der Waals surface area (Å²) in [6.07, 6.45) is 1.32. The Kier molecular flexibility index (Phi) is 6.28. The number of hydrogen-bond donors (Lipinski definition) is 2. The Labute approximate surface area is 205 Å². The number of aryl methyl sites for hydroxylation is 1. The van der Waals surface area contributed by atoms with Crippen molar-refractivity contribution in [2.45, 2.75) is 32.6 Å². The number of nitrogens with one attached hydrogen (secondary N) is 1. The van der Waals surface area contributed by atoms with E-state index in [1.54, 1.807) is 0 Å². The first-order valence-electron chi connectivity index (χ1n) is 12.1. The number of aromatic carboxylic acids is 1. The van der Waals surface area contributed by atoms with Crippen molar-refractivity contribution in [1.29, 1.82) is 0 Å². The fraction of sp³-hybridized carbons (Fsp3) is 0.194. The predicted octanol–water partition coefficient (Wildman–Crippen LogP) is 7.82. The van der Waals surface area contributed by atoms with Crippen molar-refractivity contribution in [2.24, 2.45) is 0 Å². The van der Waals surface area contributed by atoms with Crippen molar-refractivity contribution in [3.63, 3.8) is 0 Å². The standard InChI is InChI=1S/C31H29NO3/c1-20(2)22-12-5-6-14-24(22)25-15-8-16-26-27(30(31(33)34)32-29(25)26)17-9-19-35-28-18-7-11-21-10-3-4-13-23(21)28/h3-8,10-16,18,20,32H,9,17,19H2,1-2H3,(H,33,34). The Morgan fingerprint density at radius 1 is 0.857 bits per heavy atom. The number of carboxylic acids is 1. The van der Waals surface area contributed by atoms with E-state index in [1.807, 2.05) is 42.5 Å². The molecule has 0 amide bonds. The fourth-order valence-electron chi connectivity index (χ4n) is 4.94. The Balaban J connectivity index is 1.44. The Hall–Kier alpha value is -4.05. The van der Waals surface area contributed by atoms with Gasteiger partial charge in [0.2, 0.25) is 0 Å². The maximum Gasteiger partial charge on any atom is 0.352 e. The largest absolute Gasteiger partial charge is 0.493 e. The highest BCUT2D eigenvalue weighted by atomic mass is 16.5. The molecular formula is C31H29NO3. The third kappa shape index (κ3) is 4.40. The summed E-state index contributed by atoms with van der Waals surface area (Å²) in [6.45, 7) is 4.87. The van der Waals surface area contributed by atoms with Crippen molar-refractivity contribution < 1.29 is 14.6 Å².